The van der Waals surface area contributed by atoms with Crippen molar-refractivity contribution in [2.75, 3.05) is 14.2 Å². The smallest absolute Gasteiger partial charge is 0.161 e. The number of hydrogen-bond donors (Lipinski definition) is 1. The highest BCUT2D eigenvalue weighted by Gasteiger charge is 2.24. The Balaban J connectivity index is 2.35. The van der Waals surface area contributed by atoms with Crippen LogP contribution in [0.25, 0.3) is 0 Å². The summed E-state index contributed by atoms with van der Waals surface area (Å²) in [6, 6.07) is 3.23. The second-order valence-corrected chi connectivity index (χ2v) is 4.05. The normalized spacial score (nSPS) is 18.4. The minimum absolute atomic E-state index is 0.456. The van der Waals surface area contributed by atoms with Gasteiger partial charge in [-0.2, -0.15) is 0 Å². The number of aliphatic carboxylic acids is 1. The zero-order chi connectivity index (χ0) is 12.4. The number of nitrogens with two attached hydrogens (primary N) is 1. The van der Waals surface area contributed by atoms with Crippen LogP contribution in [-0.2, 0) is 17.8 Å². The number of methoxy groups -OCH3 is 2. The molecular formula is C12H15NO4. The van der Waals surface area contributed by atoms with Crippen molar-refractivity contribution in [3.63, 3.8) is 0 Å². The van der Waals surface area contributed by atoms with E-state index in [1.807, 2.05) is 12.1 Å². The monoisotopic (exact) mass is 237 g/mol. The van der Waals surface area contributed by atoms with Crippen molar-refractivity contribution in [3.05, 3.63) is 23.3 Å². The van der Waals surface area contributed by atoms with E-state index in [9.17, 15) is 9.90 Å². The van der Waals surface area contributed by atoms with Gasteiger partial charge in [-0.15, -0.1) is 0 Å². The lowest BCUT2D eigenvalue weighted by molar-refractivity contribution is -0.701. The molecule has 0 unspecified atom stereocenters. The molecule has 1 heterocycles. The van der Waals surface area contributed by atoms with Gasteiger partial charge in [0, 0.05) is 12.0 Å². The van der Waals surface area contributed by atoms with E-state index in [2.05, 4.69) is 0 Å². The van der Waals surface area contributed by atoms with Crippen LogP contribution in [0.5, 0.6) is 11.5 Å². The maximum Gasteiger partial charge on any atom is 0.161 e. The van der Waals surface area contributed by atoms with Crippen molar-refractivity contribution >= 4 is 5.97 Å². The molecule has 2 rings (SSSR count). The maximum absolute atomic E-state index is 10.8. The zero-order valence-corrected chi connectivity index (χ0v) is 9.86. The Bertz CT molecular complexity index is 444. The first-order chi connectivity index (χ1) is 8.15. The first-order valence-corrected chi connectivity index (χ1v) is 5.43. The summed E-state index contributed by atoms with van der Waals surface area (Å²) in [5.41, 5.74) is 2.07. The Kier molecular flexibility index (Phi) is 3.19. The summed E-state index contributed by atoms with van der Waals surface area (Å²) in [4.78, 5) is 10.8. The first-order valence-electron chi connectivity index (χ1n) is 5.43. The molecule has 17 heavy (non-hydrogen) atoms. The number of carboxylic acids is 1. The van der Waals surface area contributed by atoms with Gasteiger partial charge < -0.3 is 24.7 Å². The predicted octanol–water partition coefficient (Wildman–Crippen LogP) is -1.56. The third-order valence-electron chi connectivity index (χ3n) is 3.07. The Labute approximate surface area is 99.3 Å². The van der Waals surface area contributed by atoms with Crippen LogP contribution in [0.1, 0.15) is 11.1 Å². The number of benzene rings is 1. The Hall–Kier alpha value is -1.75. The molecule has 0 fully saturated rings. The van der Waals surface area contributed by atoms with Crippen LogP contribution >= 0.6 is 0 Å². The first kappa shape index (κ1) is 11.7. The van der Waals surface area contributed by atoms with Crippen LogP contribution in [0.4, 0.5) is 0 Å². The molecule has 1 aromatic rings. The summed E-state index contributed by atoms with van der Waals surface area (Å²) in [5, 5.41) is 12.6. The van der Waals surface area contributed by atoms with Crippen LogP contribution in [0.3, 0.4) is 0 Å². The highest BCUT2D eigenvalue weighted by Crippen LogP contribution is 2.31. The molecule has 0 aliphatic carbocycles. The number of carbonyl (C=O) groups excluding carboxylic acids is 1. The average Bonchev–Trinajstić information content (AvgIpc) is 2.36. The van der Waals surface area contributed by atoms with Crippen molar-refractivity contribution in [1.29, 1.82) is 0 Å². The fourth-order valence-electron chi connectivity index (χ4n) is 2.11. The van der Waals surface area contributed by atoms with Gasteiger partial charge in [0.2, 0.25) is 0 Å². The molecule has 1 aliphatic heterocycles. The zero-order valence-electron chi connectivity index (χ0n) is 9.86. The molecular weight excluding hydrogens is 222 g/mol. The molecule has 92 valence electrons. The molecule has 1 aliphatic rings. The minimum atomic E-state index is -1.02. The van der Waals surface area contributed by atoms with Crippen LogP contribution in [0, 0.1) is 0 Å². The van der Waals surface area contributed by atoms with Crippen molar-refractivity contribution < 1.29 is 24.7 Å². The quantitative estimate of drug-likeness (QED) is 0.690. The number of carbonyl (C=O) groups is 1. The maximum atomic E-state index is 10.8. The molecule has 5 nitrogen and oxygen atoms in total. The van der Waals surface area contributed by atoms with Gasteiger partial charge in [-0.25, -0.2) is 0 Å². The van der Waals surface area contributed by atoms with E-state index < -0.39 is 12.0 Å². The average molecular weight is 237 g/mol. The molecule has 0 amide bonds. The van der Waals surface area contributed by atoms with Crippen molar-refractivity contribution in [2.45, 2.75) is 19.0 Å². The van der Waals surface area contributed by atoms with Crippen LogP contribution in [0.15, 0.2) is 12.1 Å². The molecule has 1 atom stereocenters. The number of fused-ring (bicyclic) bond motifs is 1. The summed E-state index contributed by atoms with van der Waals surface area (Å²) >= 11 is 0. The lowest BCUT2D eigenvalue weighted by atomic mass is 9.95. The standard InChI is InChI=1S/C12H15NO4/c1-16-10-4-7-3-9(12(14)15)13-6-8(7)5-11(10)17-2/h4-5,9,13H,3,6H2,1-2H3,(H,14,15)/t9-/m0/s1. The van der Waals surface area contributed by atoms with Gasteiger partial charge in [0.05, 0.1) is 20.2 Å². The number of ether oxygens (including phenoxy) is 2. The Morgan fingerprint density at radius 3 is 2.41 bits per heavy atom. The largest absolute Gasteiger partial charge is 0.544 e. The molecule has 0 aromatic heterocycles. The van der Waals surface area contributed by atoms with E-state index in [0.29, 0.717) is 24.5 Å². The topological polar surface area (TPSA) is 75.2 Å². The number of quaternary nitrogens is 1. The van der Waals surface area contributed by atoms with Crippen LogP contribution < -0.4 is 19.9 Å². The van der Waals surface area contributed by atoms with Crippen molar-refractivity contribution in [1.82, 2.24) is 0 Å². The van der Waals surface area contributed by atoms with Crippen LogP contribution in [0.2, 0.25) is 0 Å². The highest BCUT2D eigenvalue weighted by atomic mass is 16.5. The molecule has 0 saturated heterocycles. The molecule has 0 bridgehead atoms. The van der Waals surface area contributed by atoms with Crippen molar-refractivity contribution in [2.24, 2.45) is 0 Å². The lowest BCUT2D eigenvalue weighted by Gasteiger charge is -2.24. The Morgan fingerprint density at radius 2 is 1.88 bits per heavy atom. The fraction of sp³-hybridized carbons (Fsp3) is 0.417. The third-order valence-corrected chi connectivity index (χ3v) is 3.07. The van der Waals surface area contributed by atoms with E-state index in [-0.39, 0.29) is 0 Å². The fourth-order valence-corrected chi connectivity index (χ4v) is 2.11. The number of carboxylic acid groups (broad SMARTS) is 1. The second kappa shape index (κ2) is 4.63. The van der Waals surface area contributed by atoms with Gasteiger partial charge >= 0.3 is 0 Å². The van der Waals surface area contributed by atoms with Gasteiger partial charge in [0.25, 0.3) is 0 Å². The summed E-state index contributed by atoms with van der Waals surface area (Å²) < 4.78 is 10.4. The summed E-state index contributed by atoms with van der Waals surface area (Å²) in [6.45, 7) is 0.619. The van der Waals surface area contributed by atoms with E-state index >= 15 is 0 Å². The number of rotatable bonds is 3. The molecule has 0 spiro atoms. The summed E-state index contributed by atoms with van der Waals surface area (Å²) in [5.74, 6) is 0.280. The van der Waals surface area contributed by atoms with Gasteiger partial charge in [0.15, 0.2) is 11.5 Å². The summed E-state index contributed by atoms with van der Waals surface area (Å²) in [7, 11) is 3.15. The van der Waals surface area contributed by atoms with Gasteiger partial charge in [-0.1, -0.05) is 0 Å². The molecule has 0 radical (unpaired) electrons. The number of hydrogen-bond acceptors (Lipinski definition) is 4. The molecule has 5 heteroatoms. The van der Waals surface area contributed by atoms with E-state index in [0.717, 1.165) is 11.1 Å². The van der Waals surface area contributed by atoms with Gasteiger partial charge in [-0.05, 0) is 17.7 Å². The van der Waals surface area contributed by atoms with Gasteiger partial charge in [0.1, 0.15) is 12.6 Å². The summed E-state index contributed by atoms with van der Waals surface area (Å²) in [6.07, 6.45) is 0.456. The SMILES string of the molecule is COc1cc2c(cc1OC)C[C@@H](C(=O)[O-])[NH2+]C2. The molecule has 1 aromatic carbocycles. The Morgan fingerprint density at radius 1 is 1.29 bits per heavy atom. The predicted molar refractivity (Wildman–Crippen MR) is 57.7 cm³/mol. The second-order valence-electron chi connectivity index (χ2n) is 4.05. The van der Waals surface area contributed by atoms with E-state index in [1.165, 1.54) is 0 Å². The lowest BCUT2D eigenvalue weighted by Crippen LogP contribution is -2.93. The molecule has 2 N–H and O–H groups in total. The highest BCUT2D eigenvalue weighted by molar-refractivity contribution is 5.70. The van der Waals surface area contributed by atoms with Crippen LogP contribution in [-0.4, -0.2) is 26.2 Å². The molecule has 0 saturated carbocycles. The van der Waals surface area contributed by atoms with E-state index in [1.54, 1.807) is 19.5 Å². The van der Waals surface area contributed by atoms with Crippen molar-refractivity contribution in [3.8, 4) is 11.5 Å². The minimum Gasteiger partial charge on any atom is -0.544 e. The third kappa shape index (κ3) is 2.19. The van der Waals surface area contributed by atoms with E-state index in [4.69, 9.17) is 9.47 Å². The van der Waals surface area contributed by atoms with Gasteiger partial charge in [-0.3, -0.25) is 0 Å².